The van der Waals surface area contributed by atoms with E-state index in [1.54, 1.807) is 36.4 Å². The second-order valence-electron chi connectivity index (χ2n) is 4.14. The number of rotatable bonds is 3. The van der Waals surface area contributed by atoms with Crippen molar-refractivity contribution in [3.05, 3.63) is 62.5 Å². The number of anilines is 1. The maximum Gasteiger partial charge on any atom is 0.255 e. The van der Waals surface area contributed by atoms with Gasteiger partial charge in [0.1, 0.15) is 0 Å². The van der Waals surface area contributed by atoms with Crippen LogP contribution in [0.25, 0.3) is 0 Å². The average Bonchev–Trinajstić information content (AvgIpc) is 2.46. The lowest BCUT2D eigenvalue weighted by molar-refractivity contribution is 0.102. The molecule has 0 aliphatic rings. The van der Waals surface area contributed by atoms with Crippen molar-refractivity contribution in [3.8, 4) is 0 Å². The van der Waals surface area contributed by atoms with E-state index in [4.69, 9.17) is 10.9 Å². The Morgan fingerprint density at radius 3 is 2.38 bits per heavy atom. The van der Waals surface area contributed by atoms with Gasteiger partial charge in [0.15, 0.2) is 5.84 Å². The molecule has 5 nitrogen and oxygen atoms in total. The fraction of sp³-hybridized carbons (Fsp3) is 0. The second kappa shape index (κ2) is 6.73. The molecule has 7 heteroatoms. The van der Waals surface area contributed by atoms with Crippen molar-refractivity contribution in [1.82, 2.24) is 0 Å². The van der Waals surface area contributed by atoms with Crippen LogP contribution in [0.1, 0.15) is 15.9 Å². The average molecular weight is 413 g/mol. The van der Waals surface area contributed by atoms with E-state index in [-0.39, 0.29) is 11.7 Å². The number of amidine groups is 1. The number of carbonyl (C=O) groups is 1. The van der Waals surface area contributed by atoms with Gasteiger partial charge >= 0.3 is 0 Å². The van der Waals surface area contributed by atoms with Crippen LogP contribution >= 0.6 is 31.9 Å². The zero-order valence-electron chi connectivity index (χ0n) is 10.7. The molecule has 0 unspecified atom stereocenters. The fourth-order valence-electron chi connectivity index (χ4n) is 1.75. The van der Waals surface area contributed by atoms with Gasteiger partial charge in [-0.2, -0.15) is 0 Å². The van der Waals surface area contributed by atoms with Crippen LogP contribution in [-0.2, 0) is 0 Å². The molecule has 0 atom stereocenters. The number of benzene rings is 2. The smallest absolute Gasteiger partial charge is 0.255 e. The lowest BCUT2D eigenvalue weighted by Gasteiger charge is -2.10. The largest absolute Gasteiger partial charge is 0.409 e. The molecule has 0 aromatic heterocycles. The number of para-hydroxylation sites is 1. The molecule has 2 rings (SSSR count). The van der Waals surface area contributed by atoms with Crippen LogP contribution < -0.4 is 11.1 Å². The Balaban J connectivity index is 2.32. The van der Waals surface area contributed by atoms with Crippen molar-refractivity contribution in [2.45, 2.75) is 0 Å². The summed E-state index contributed by atoms with van der Waals surface area (Å²) in [5.41, 5.74) is 6.98. The van der Waals surface area contributed by atoms with E-state index < -0.39 is 0 Å². The summed E-state index contributed by atoms with van der Waals surface area (Å²) in [7, 11) is 0. The summed E-state index contributed by atoms with van der Waals surface area (Å²) in [6.07, 6.45) is 0. The van der Waals surface area contributed by atoms with Crippen LogP contribution in [0.2, 0.25) is 0 Å². The molecule has 1 amide bonds. The molecule has 21 heavy (non-hydrogen) atoms. The quantitative estimate of drug-likeness (QED) is 0.311. The third-order valence-electron chi connectivity index (χ3n) is 2.68. The molecule has 2 aromatic rings. The van der Waals surface area contributed by atoms with Crippen LogP contribution in [-0.4, -0.2) is 17.0 Å². The monoisotopic (exact) mass is 411 g/mol. The summed E-state index contributed by atoms with van der Waals surface area (Å²) in [6, 6.07) is 12.1. The lowest BCUT2D eigenvalue weighted by Crippen LogP contribution is -2.19. The standard InChI is InChI=1S/C14H11Br2N3O2/c15-9-5-8(6-10(16)7-9)14(20)18-12-4-2-1-3-11(12)13(17)19-21/h1-7,21H,(H2,17,19)(H,18,20). The first kappa shape index (κ1) is 15.5. The summed E-state index contributed by atoms with van der Waals surface area (Å²) < 4.78 is 1.57. The Morgan fingerprint density at radius 2 is 1.76 bits per heavy atom. The first-order chi connectivity index (χ1) is 10.0. The number of hydrogen-bond acceptors (Lipinski definition) is 3. The van der Waals surface area contributed by atoms with Gasteiger partial charge in [0.05, 0.1) is 5.69 Å². The summed E-state index contributed by atoms with van der Waals surface area (Å²) in [5.74, 6) is -0.364. The van der Waals surface area contributed by atoms with E-state index in [0.717, 1.165) is 8.95 Å². The molecule has 0 bridgehead atoms. The molecule has 0 aliphatic carbocycles. The maximum atomic E-state index is 12.3. The van der Waals surface area contributed by atoms with Crippen LogP contribution in [0.15, 0.2) is 56.6 Å². The summed E-state index contributed by atoms with van der Waals surface area (Å²) in [4.78, 5) is 12.3. The zero-order chi connectivity index (χ0) is 15.4. The van der Waals surface area contributed by atoms with Crippen molar-refractivity contribution in [2.75, 3.05) is 5.32 Å². The van der Waals surface area contributed by atoms with E-state index in [1.807, 2.05) is 6.07 Å². The fourth-order valence-corrected chi connectivity index (χ4v) is 3.04. The normalized spacial score (nSPS) is 11.2. The number of oxime groups is 1. The number of nitrogens with zero attached hydrogens (tertiary/aromatic N) is 1. The highest BCUT2D eigenvalue weighted by Gasteiger charge is 2.12. The van der Waals surface area contributed by atoms with E-state index in [0.29, 0.717) is 16.8 Å². The molecule has 0 aliphatic heterocycles. The molecule has 0 heterocycles. The van der Waals surface area contributed by atoms with Gasteiger partial charge in [-0.25, -0.2) is 0 Å². The number of amides is 1. The van der Waals surface area contributed by atoms with Crippen molar-refractivity contribution in [1.29, 1.82) is 0 Å². The van der Waals surface area contributed by atoms with E-state index >= 15 is 0 Å². The van der Waals surface area contributed by atoms with Gasteiger partial charge in [-0.15, -0.1) is 0 Å². The highest BCUT2D eigenvalue weighted by atomic mass is 79.9. The summed E-state index contributed by atoms with van der Waals surface area (Å²) >= 11 is 6.67. The Morgan fingerprint density at radius 1 is 1.14 bits per heavy atom. The van der Waals surface area contributed by atoms with Crippen molar-refractivity contribution >= 4 is 49.3 Å². The van der Waals surface area contributed by atoms with Gasteiger partial charge in [0, 0.05) is 20.1 Å². The molecule has 108 valence electrons. The van der Waals surface area contributed by atoms with Gasteiger partial charge in [-0.1, -0.05) is 49.1 Å². The molecule has 0 fully saturated rings. The number of hydrogen-bond donors (Lipinski definition) is 3. The van der Waals surface area contributed by atoms with E-state index in [1.165, 1.54) is 0 Å². The minimum absolute atomic E-state index is 0.0682. The Bertz CT molecular complexity index is 697. The third-order valence-corrected chi connectivity index (χ3v) is 3.60. The van der Waals surface area contributed by atoms with E-state index in [2.05, 4.69) is 42.3 Å². The van der Waals surface area contributed by atoms with Crippen LogP contribution in [0.4, 0.5) is 5.69 Å². The first-order valence-electron chi connectivity index (χ1n) is 5.85. The van der Waals surface area contributed by atoms with Crippen molar-refractivity contribution in [2.24, 2.45) is 10.9 Å². The zero-order valence-corrected chi connectivity index (χ0v) is 13.8. The van der Waals surface area contributed by atoms with E-state index in [9.17, 15) is 4.79 Å². The van der Waals surface area contributed by atoms with Crippen LogP contribution in [0, 0.1) is 0 Å². The third kappa shape index (κ3) is 3.83. The molecule has 4 N–H and O–H groups in total. The van der Waals surface area contributed by atoms with Gasteiger partial charge in [0.25, 0.3) is 5.91 Å². The minimum atomic E-state index is -0.296. The molecule has 0 saturated heterocycles. The van der Waals surface area contributed by atoms with Gasteiger partial charge in [-0.3, -0.25) is 4.79 Å². The number of nitrogens with one attached hydrogen (secondary N) is 1. The maximum absolute atomic E-state index is 12.3. The first-order valence-corrected chi connectivity index (χ1v) is 7.44. The molecular formula is C14H11Br2N3O2. The minimum Gasteiger partial charge on any atom is -0.409 e. The Kier molecular flexibility index (Phi) is 4.98. The Hall–Kier alpha value is -1.86. The van der Waals surface area contributed by atoms with Crippen LogP contribution in [0.5, 0.6) is 0 Å². The van der Waals surface area contributed by atoms with Crippen LogP contribution in [0.3, 0.4) is 0 Å². The topological polar surface area (TPSA) is 87.7 Å². The predicted molar refractivity (Wildman–Crippen MR) is 88.7 cm³/mol. The number of nitrogens with two attached hydrogens (primary N) is 1. The molecule has 0 radical (unpaired) electrons. The van der Waals surface area contributed by atoms with Gasteiger partial charge in [0.2, 0.25) is 0 Å². The highest BCUT2D eigenvalue weighted by molar-refractivity contribution is 9.11. The molecule has 2 aromatic carbocycles. The van der Waals surface area contributed by atoms with Gasteiger partial charge < -0.3 is 16.3 Å². The van der Waals surface area contributed by atoms with Crippen molar-refractivity contribution in [3.63, 3.8) is 0 Å². The summed E-state index contributed by atoms with van der Waals surface area (Å²) in [5, 5.41) is 14.5. The molecule has 0 saturated carbocycles. The van der Waals surface area contributed by atoms with Gasteiger partial charge in [-0.05, 0) is 30.3 Å². The SMILES string of the molecule is N/C(=N/O)c1ccccc1NC(=O)c1cc(Br)cc(Br)c1. The number of carbonyl (C=O) groups excluding carboxylic acids is 1. The predicted octanol–water partition coefficient (Wildman–Crippen LogP) is 3.56. The second-order valence-corrected chi connectivity index (χ2v) is 5.97. The Labute approximate surface area is 138 Å². The number of halogens is 2. The molecular weight excluding hydrogens is 402 g/mol. The summed E-state index contributed by atoms with van der Waals surface area (Å²) in [6.45, 7) is 0. The van der Waals surface area contributed by atoms with Crippen molar-refractivity contribution < 1.29 is 10.0 Å². The molecule has 0 spiro atoms. The highest BCUT2D eigenvalue weighted by Crippen LogP contribution is 2.22. The lowest BCUT2D eigenvalue weighted by atomic mass is 10.1.